The minimum atomic E-state index is 0. The highest BCUT2D eigenvalue weighted by Crippen LogP contribution is 2.37. The zero-order valence-electron chi connectivity index (χ0n) is 12.3. The van der Waals surface area contributed by atoms with E-state index in [2.05, 4.69) is 15.4 Å². The molecule has 3 saturated heterocycles. The number of hydrogen-bond donors (Lipinski definition) is 1. The lowest BCUT2D eigenvalue weighted by molar-refractivity contribution is 0.0973. The van der Waals surface area contributed by atoms with Crippen molar-refractivity contribution >= 4 is 40.8 Å². The van der Waals surface area contributed by atoms with Gasteiger partial charge in [-0.1, -0.05) is 16.8 Å². The lowest BCUT2D eigenvalue weighted by atomic mass is 9.84. The molecule has 0 amide bonds. The Bertz CT molecular complexity index is 668. The normalized spacial score (nSPS) is 26.7. The number of benzene rings is 1. The van der Waals surface area contributed by atoms with Crippen molar-refractivity contribution < 1.29 is 9.26 Å². The van der Waals surface area contributed by atoms with E-state index in [4.69, 9.17) is 20.9 Å². The van der Waals surface area contributed by atoms with Crippen molar-refractivity contribution in [3.05, 3.63) is 17.2 Å². The van der Waals surface area contributed by atoms with Crippen LogP contribution >= 0.6 is 24.0 Å². The topological polar surface area (TPSA) is 50.5 Å². The lowest BCUT2D eigenvalue weighted by Crippen LogP contribution is -2.53. The molecule has 120 valence electrons. The Hall–Kier alpha value is -1.17. The molecule has 1 aromatic carbocycles. The van der Waals surface area contributed by atoms with Crippen LogP contribution in [0.25, 0.3) is 11.0 Å². The number of ether oxygens (including phenoxy) is 1. The molecule has 3 aliphatic rings. The van der Waals surface area contributed by atoms with E-state index in [0.29, 0.717) is 22.4 Å². The summed E-state index contributed by atoms with van der Waals surface area (Å²) in [5, 5.41) is 9.20. The van der Waals surface area contributed by atoms with Crippen LogP contribution in [0.1, 0.15) is 12.8 Å². The number of halogens is 2. The molecule has 2 bridgehead atoms. The minimum Gasteiger partial charge on any atom is -0.491 e. The van der Waals surface area contributed by atoms with Crippen molar-refractivity contribution in [3.63, 3.8) is 0 Å². The van der Waals surface area contributed by atoms with Gasteiger partial charge in [-0.3, -0.25) is 0 Å². The Labute approximate surface area is 140 Å². The van der Waals surface area contributed by atoms with Gasteiger partial charge in [-0.25, -0.2) is 0 Å². The Morgan fingerprint density at radius 1 is 1.36 bits per heavy atom. The van der Waals surface area contributed by atoms with Crippen LogP contribution in [0.2, 0.25) is 5.02 Å². The minimum absolute atomic E-state index is 0. The molecule has 1 unspecified atom stereocenters. The monoisotopic (exact) mass is 343 g/mol. The third-order valence-electron chi connectivity index (χ3n) is 4.73. The van der Waals surface area contributed by atoms with Gasteiger partial charge in [-0.15, -0.1) is 12.4 Å². The number of piperidine rings is 3. The molecule has 5 nitrogen and oxygen atoms in total. The average Bonchev–Trinajstić information content (AvgIpc) is 2.91. The highest BCUT2D eigenvalue weighted by Gasteiger charge is 2.34. The van der Waals surface area contributed by atoms with Crippen molar-refractivity contribution in [2.45, 2.75) is 18.9 Å². The van der Waals surface area contributed by atoms with Crippen LogP contribution in [-0.2, 0) is 0 Å². The summed E-state index contributed by atoms with van der Waals surface area (Å²) in [4.78, 5) is 2.51. The standard InChI is InChI=1S/C15H18ClN3O2.ClH/c1-20-14-11(16)3-2-10-13(14)21-18-15(10)17-12-8-19-6-4-9(12)5-7-19;/h2-3,9,12H,4-8H2,1H3,(H,17,18);1H. The molecule has 4 heterocycles. The van der Waals surface area contributed by atoms with Crippen LogP contribution in [0.5, 0.6) is 5.75 Å². The number of hydrogen-bond acceptors (Lipinski definition) is 5. The number of aromatic nitrogens is 1. The largest absolute Gasteiger partial charge is 0.491 e. The molecule has 0 aliphatic carbocycles. The number of rotatable bonds is 3. The summed E-state index contributed by atoms with van der Waals surface area (Å²) in [7, 11) is 1.59. The maximum absolute atomic E-state index is 6.12. The molecular formula is C15H19Cl2N3O2. The molecule has 0 radical (unpaired) electrons. The number of fused-ring (bicyclic) bond motifs is 4. The second-order valence-electron chi connectivity index (χ2n) is 5.88. The number of methoxy groups -OCH3 is 1. The van der Waals surface area contributed by atoms with Crippen LogP contribution in [0.15, 0.2) is 16.7 Å². The van der Waals surface area contributed by atoms with Gasteiger partial charge in [0, 0.05) is 12.6 Å². The van der Waals surface area contributed by atoms with E-state index in [1.54, 1.807) is 7.11 Å². The summed E-state index contributed by atoms with van der Waals surface area (Å²) in [6.45, 7) is 3.54. The van der Waals surface area contributed by atoms with Gasteiger partial charge in [0.2, 0.25) is 5.58 Å². The Morgan fingerprint density at radius 3 is 2.77 bits per heavy atom. The van der Waals surface area contributed by atoms with Gasteiger partial charge in [0.25, 0.3) is 0 Å². The van der Waals surface area contributed by atoms with Crippen molar-refractivity contribution in [3.8, 4) is 5.75 Å². The third-order valence-corrected chi connectivity index (χ3v) is 5.03. The molecule has 0 saturated carbocycles. The fraction of sp³-hybridized carbons (Fsp3) is 0.533. The molecule has 22 heavy (non-hydrogen) atoms. The Morgan fingerprint density at radius 2 is 2.14 bits per heavy atom. The molecule has 3 aliphatic heterocycles. The zero-order valence-corrected chi connectivity index (χ0v) is 13.9. The molecule has 1 N–H and O–H groups in total. The summed E-state index contributed by atoms with van der Waals surface area (Å²) in [5.41, 5.74) is 0.605. The van der Waals surface area contributed by atoms with Crippen molar-refractivity contribution in [2.24, 2.45) is 5.92 Å². The van der Waals surface area contributed by atoms with E-state index in [1.807, 2.05) is 12.1 Å². The average molecular weight is 344 g/mol. The molecule has 1 aromatic heterocycles. The SMILES string of the molecule is COc1c(Cl)ccc2c(NC3CN4CCC3CC4)noc12.Cl. The van der Waals surface area contributed by atoms with Gasteiger partial charge in [-0.2, -0.15) is 0 Å². The maximum atomic E-state index is 6.12. The summed E-state index contributed by atoms with van der Waals surface area (Å²) in [6.07, 6.45) is 2.53. The first kappa shape index (κ1) is 15.7. The van der Waals surface area contributed by atoms with Gasteiger partial charge < -0.3 is 19.5 Å². The van der Waals surface area contributed by atoms with Crippen molar-refractivity contribution in [2.75, 3.05) is 32.1 Å². The number of nitrogens with zero attached hydrogens (tertiary/aromatic N) is 2. The summed E-state index contributed by atoms with van der Waals surface area (Å²) in [6, 6.07) is 4.20. The molecule has 5 rings (SSSR count). The quantitative estimate of drug-likeness (QED) is 0.925. The fourth-order valence-corrected chi connectivity index (χ4v) is 3.78. The molecule has 2 aromatic rings. The van der Waals surface area contributed by atoms with Gasteiger partial charge >= 0.3 is 0 Å². The highest BCUT2D eigenvalue weighted by atomic mass is 35.5. The summed E-state index contributed by atoms with van der Waals surface area (Å²) in [5.74, 6) is 2.07. The lowest BCUT2D eigenvalue weighted by Gasteiger charge is -2.44. The Kier molecular flexibility index (Phi) is 4.39. The summed E-state index contributed by atoms with van der Waals surface area (Å²) < 4.78 is 10.7. The molecular weight excluding hydrogens is 325 g/mol. The van der Waals surface area contributed by atoms with Crippen LogP contribution < -0.4 is 10.1 Å². The van der Waals surface area contributed by atoms with Crippen molar-refractivity contribution in [1.29, 1.82) is 0 Å². The zero-order chi connectivity index (χ0) is 14.4. The van der Waals surface area contributed by atoms with Gasteiger partial charge in [0.1, 0.15) is 0 Å². The van der Waals surface area contributed by atoms with Gasteiger partial charge in [0.05, 0.1) is 17.5 Å². The van der Waals surface area contributed by atoms with Gasteiger partial charge in [-0.05, 0) is 44.0 Å². The molecule has 3 fully saturated rings. The molecule has 1 atom stereocenters. The Balaban J connectivity index is 0.00000144. The number of nitrogens with one attached hydrogen (secondary N) is 1. The van der Waals surface area contributed by atoms with E-state index in [-0.39, 0.29) is 12.4 Å². The third kappa shape index (κ3) is 2.51. The van der Waals surface area contributed by atoms with E-state index >= 15 is 0 Å². The van der Waals surface area contributed by atoms with Crippen LogP contribution in [0.4, 0.5) is 5.82 Å². The predicted molar refractivity (Wildman–Crippen MR) is 89.4 cm³/mol. The van der Waals surface area contributed by atoms with Crippen LogP contribution in [0.3, 0.4) is 0 Å². The second-order valence-corrected chi connectivity index (χ2v) is 6.28. The fourth-order valence-electron chi connectivity index (χ4n) is 3.55. The van der Waals surface area contributed by atoms with E-state index in [9.17, 15) is 0 Å². The first-order chi connectivity index (χ1) is 10.3. The smallest absolute Gasteiger partial charge is 0.212 e. The van der Waals surface area contributed by atoms with Crippen LogP contribution in [0, 0.1) is 5.92 Å². The van der Waals surface area contributed by atoms with Gasteiger partial charge in [0.15, 0.2) is 11.6 Å². The first-order valence-corrected chi connectivity index (χ1v) is 7.75. The van der Waals surface area contributed by atoms with E-state index in [0.717, 1.165) is 23.7 Å². The second kappa shape index (κ2) is 6.14. The summed E-state index contributed by atoms with van der Waals surface area (Å²) >= 11 is 6.12. The van der Waals surface area contributed by atoms with Crippen LogP contribution in [-0.4, -0.2) is 42.8 Å². The molecule has 7 heteroatoms. The van der Waals surface area contributed by atoms with E-state index < -0.39 is 0 Å². The predicted octanol–water partition coefficient (Wildman–Crippen LogP) is 3.42. The van der Waals surface area contributed by atoms with Crippen molar-refractivity contribution in [1.82, 2.24) is 10.1 Å². The first-order valence-electron chi connectivity index (χ1n) is 7.37. The number of anilines is 1. The van der Waals surface area contributed by atoms with E-state index in [1.165, 1.54) is 25.9 Å². The molecule has 0 spiro atoms. The highest BCUT2D eigenvalue weighted by molar-refractivity contribution is 6.33. The maximum Gasteiger partial charge on any atom is 0.212 e.